The molecule has 4 heteroatoms. The molecule has 76 valence electrons. The molecule has 0 aliphatic carbocycles. The zero-order valence-electron chi connectivity index (χ0n) is 8.42. The van der Waals surface area contributed by atoms with Crippen LogP contribution in [0.1, 0.15) is 13.3 Å². The van der Waals surface area contributed by atoms with E-state index in [1.807, 2.05) is 6.20 Å². The number of aromatic nitrogens is 1. The van der Waals surface area contributed by atoms with Crippen LogP contribution in [-0.2, 0) is 0 Å². The quantitative estimate of drug-likeness (QED) is 0.773. The Balaban J connectivity index is 2.43. The number of pyridine rings is 1. The fourth-order valence-electron chi connectivity index (χ4n) is 1.88. The van der Waals surface area contributed by atoms with E-state index in [-0.39, 0.29) is 0 Å². The normalized spacial score (nSPS) is 20.2. The predicted octanol–water partition coefficient (Wildman–Crippen LogP) is 2.38. The van der Waals surface area contributed by atoms with E-state index < -0.39 is 0 Å². The maximum atomic E-state index is 6.12. The van der Waals surface area contributed by atoms with E-state index in [2.05, 4.69) is 29.2 Å². The van der Waals surface area contributed by atoms with E-state index in [4.69, 9.17) is 11.6 Å². The minimum absolute atomic E-state index is 0.516. The van der Waals surface area contributed by atoms with Gasteiger partial charge < -0.3 is 10.2 Å². The van der Waals surface area contributed by atoms with Gasteiger partial charge in [-0.15, -0.1) is 0 Å². The largest absolute Gasteiger partial charge is 0.380 e. The van der Waals surface area contributed by atoms with Crippen molar-refractivity contribution in [3.8, 4) is 0 Å². The van der Waals surface area contributed by atoms with Crippen molar-refractivity contribution in [2.75, 3.05) is 23.8 Å². The van der Waals surface area contributed by atoms with Gasteiger partial charge in [-0.2, -0.15) is 0 Å². The minimum Gasteiger partial charge on any atom is -0.380 e. The van der Waals surface area contributed by atoms with Crippen molar-refractivity contribution in [2.24, 2.45) is 0 Å². The van der Waals surface area contributed by atoms with Gasteiger partial charge in [0.15, 0.2) is 0 Å². The van der Waals surface area contributed by atoms with E-state index >= 15 is 0 Å². The smallest absolute Gasteiger partial charge is 0.0844 e. The molecule has 3 nitrogen and oxygen atoms in total. The van der Waals surface area contributed by atoms with E-state index in [1.165, 1.54) is 0 Å². The van der Waals surface area contributed by atoms with Crippen molar-refractivity contribution in [3.63, 3.8) is 0 Å². The molecule has 0 bridgehead atoms. The first-order chi connectivity index (χ1) is 6.74. The number of halogens is 1. The second kappa shape index (κ2) is 3.65. The number of nitrogens with one attached hydrogen (secondary N) is 1. The van der Waals surface area contributed by atoms with Gasteiger partial charge in [-0.25, -0.2) is 0 Å². The number of nitrogens with zero attached hydrogens (tertiary/aromatic N) is 2. The van der Waals surface area contributed by atoms with Crippen molar-refractivity contribution in [3.05, 3.63) is 17.4 Å². The number of hydrogen-bond acceptors (Lipinski definition) is 3. The third kappa shape index (κ3) is 1.42. The topological polar surface area (TPSA) is 28.2 Å². The Morgan fingerprint density at radius 1 is 1.64 bits per heavy atom. The molecule has 2 rings (SSSR count). The van der Waals surface area contributed by atoms with Gasteiger partial charge in [0.2, 0.25) is 0 Å². The Morgan fingerprint density at radius 3 is 3.14 bits per heavy atom. The average molecular weight is 212 g/mol. The van der Waals surface area contributed by atoms with Crippen LogP contribution in [0.2, 0.25) is 5.02 Å². The first kappa shape index (κ1) is 9.59. The van der Waals surface area contributed by atoms with Gasteiger partial charge in [-0.1, -0.05) is 18.5 Å². The standard InChI is InChI=1S/C10H14ClN3/c1-3-7-4-13-9-6-12-5-8(11)10(9)14(7)2/h5-7,13H,3-4H2,1-2H3. The van der Waals surface area contributed by atoms with Crippen LogP contribution in [-0.4, -0.2) is 24.6 Å². The van der Waals surface area contributed by atoms with Crippen LogP contribution in [0.25, 0.3) is 0 Å². The number of hydrogen-bond donors (Lipinski definition) is 1. The lowest BCUT2D eigenvalue weighted by Crippen LogP contribution is -2.41. The summed E-state index contributed by atoms with van der Waals surface area (Å²) in [5.41, 5.74) is 2.10. The van der Waals surface area contributed by atoms with Gasteiger partial charge in [0.05, 0.1) is 22.6 Å². The molecule has 1 aliphatic heterocycles. The molecule has 0 radical (unpaired) electrons. The minimum atomic E-state index is 0.516. The molecule has 1 aliphatic rings. The lowest BCUT2D eigenvalue weighted by Gasteiger charge is -2.36. The number of fused-ring (bicyclic) bond motifs is 1. The molecule has 14 heavy (non-hydrogen) atoms. The monoisotopic (exact) mass is 211 g/mol. The summed E-state index contributed by atoms with van der Waals surface area (Å²) in [6.07, 6.45) is 4.63. The molecular weight excluding hydrogens is 198 g/mol. The molecule has 0 amide bonds. The van der Waals surface area contributed by atoms with Crippen LogP contribution in [0.3, 0.4) is 0 Å². The highest BCUT2D eigenvalue weighted by atomic mass is 35.5. The molecule has 1 N–H and O–H groups in total. The lowest BCUT2D eigenvalue weighted by molar-refractivity contribution is 0.622. The first-order valence-corrected chi connectivity index (χ1v) is 5.22. The van der Waals surface area contributed by atoms with Gasteiger partial charge in [-0.3, -0.25) is 4.98 Å². The summed E-state index contributed by atoms with van der Waals surface area (Å²) in [4.78, 5) is 6.29. The van der Waals surface area contributed by atoms with Crippen LogP contribution in [0, 0.1) is 0 Å². The van der Waals surface area contributed by atoms with Crippen LogP contribution in [0.15, 0.2) is 12.4 Å². The van der Waals surface area contributed by atoms with Crippen molar-refractivity contribution in [1.29, 1.82) is 0 Å². The van der Waals surface area contributed by atoms with Crippen LogP contribution < -0.4 is 10.2 Å². The molecule has 0 saturated heterocycles. The molecule has 0 spiro atoms. The highest BCUT2D eigenvalue weighted by Crippen LogP contribution is 2.36. The maximum absolute atomic E-state index is 6.12. The summed E-state index contributed by atoms with van der Waals surface area (Å²) in [6, 6.07) is 0.516. The Bertz CT molecular complexity index is 340. The Hall–Kier alpha value is -0.960. The van der Waals surface area contributed by atoms with E-state index in [0.29, 0.717) is 6.04 Å². The van der Waals surface area contributed by atoms with Gasteiger partial charge in [0.25, 0.3) is 0 Å². The molecular formula is C10H14ClN3. The van der Waals surface area contributed by atoms with Gasteiger partial charge in [0, 0.05) is 25.8 Å². The summed E-state index contributed by atoms with van der Waals surface area (Å²) in [5.74, 6) is 0. The SMILES string of the molecule is CCC1CNc2cncc(Cl)c2N1C. The maximum Gasteiger partial charge on any atom is 0.0844 e. The lowest BCUT2D eigenvalue weighted by atomic mass is 10.1. The molecule has 0 saturated carbocycles. The molecule has 1 unspecified atom stereocenters. The van der Waals surface area contributed by atoms with Crippen LogP contribution in [0.4, 0.5) is 11.4 Å². The second-order valence-electron chi connectivity index (χ2n) is 3.57. The zero-order chi connectivity index (χ0) is 10.1. The van der Waals surface area contributed by atoms with Gasteiger partial charge in [-0.05, 0) is 6.42 Å². The van der Waals surface area contributed by atoms with Gasteiger partial charge >= 0.3 is 0 Å². The fraction of sp³-hybridized carbons (Fsp3) is 0.500. The number of anilines is 2. The average Bonchev–Trinajstić information content (AvgIpc) is 2.18. The van der Waals surface area contributed by atoms with Crippen molar-refractivity contribution in [1.82, 2.24) is 4.98 Å². The summed E-state index contributed by atoms with van der Waals surface area (Å²) in [5, 5.41) is 4.06. The van der Waals surface area contributed by atoms with Crippen LogP contribution >= 0.6 is 11.6 Å². The molecule has 2 heterocycles. The fourth-order valence-corrected chi connectivity index (χ4v) is 2.17. The van der Waals surface area contributed by atoms with Crippen molar-refractivity contribution >= 4 is 23.0 Å². The molecule has 0 fully saturated rings. The Labute approximate surface area is 89.1 Å². The third-order valence-electron chi connectivity index (χ3n) is 2.77. The molecule has 0 aromatic carbocycles. The summed E-state index contributed by atoms with van der Waals surface area (Å²) in [6.45, 7) is 3.14. The second-order valence-corrected chi connectivity index (χ2v) is 3.98. The summed E-state index contributed by atoms with van der Waals surface area (Å²) >= 11 is 6.12. The number of rotatable bonds is 1. The van der Waals surface area contributed by atoms with Gasteiger partial charge in [0.1, 0.15) is 0 Å². The van der Waals surface area contributed by atoms with E-state index in [0.717, 1.165) is 29.4 Å². The number of likely N-dealkylation sites (N-methyl/N-ethyl adjacent to an activating group) is 1. The summed E-state index contributed by atoms with van der Waals surface area (Å²) < 4.78 is 0. The molecule has 1 atom stereocenters. The predicted molar refractivity (Wildman–Crippen MR) is 60.2 cm³/mol. The third-order valence-corrected chi connectivity index (χ3v) is 3.05. The van der Waals surface area contributed by atoms with E-state index in [9.17, 15) is 0 Å². The first-order valence-electron chi connectivity index (χ1n) is 4.84. The highest BCUT2D eigenvalue weighted by Gasteiger charge is 2.23. The highest BCUT2D eigenvalue weighted by molar-refractivity contribution is 6.33. The Morgan fingerprint density at radius 2 is 2.43 bits per heavy atom. The van der Waals surface area contributed by atoms with E-state index in [1.54, 1.807) is 6.20 Å². The molecule has 1 aromatic heterocycles. The zero-order valence-corrected chi connectivity index (χ0v) is 9.17. The van der Waals surface area contributed by atoms with Crippen molar-refractivity contribution in [2.45, 2.75) is 19.4 Å². The van der Waals surface area contributed by atoms with Crippen LogP contribution in [0.5, 0.6) is 0 Å². The Kier molecular flexibility index (Phi) is 2.50. The van der Waals surface area contributed by atoms with Crippen molar-refractivity contribution < 1.29 is 0 Å². The molecule has 1 aromatic rings. The summed E-state index contributed by atoms with van der Waals surface area (Å²) in [7, 11) is 2.08.